The highest BCUT2D eigenvalue weighted by Crippen LogP contribution is 2.21. The van der Waals surface area contributed by atoms with E-state index >= 15 is 0 Å². The third-order valence-electron chi connectivity index (χ3n) is 5.76. The van der Waals surface area contributed by atoms with Crippen LogP contribution in [0.3, 0.4) is 0 Å². The summed E-state index contributed by atoms with van der Waals surface area (Å²) in [5.41, 5.74) is 1.78. The molecular weight excluding hydrogens is 493 g/mol. The molecule has 3 rings (SSSR count). The second-order valence-corrected chi connectivity index (χ2v) is 9.30. The molecule has 0 spiro atoms. The average molecular weight is 526 g/mol. The number of fused-ring (bicyclic) bond motifs is 1. The number of nitrogens with zero attached hydrogens (tertiary/aromatic N) is 3. The number of ether oxygens (including phenoxy) is 1. The van der Waals surface area contributed by atoms with Crippen LogP contribution in [-0.2, 0) is 20.9 Å². The lowest BCUT2D eigenvalue weighted by Gasteiger charge is -2.19. The van der Waals surface area contributed by atoms with Gasteiger partial charge in [0.05, 0.1) is 6.54 Å². The molecule has 0 aliphatic rings. The van der Waals surface area contributed by atoms with Crippen LogP contribution in [0.1, 0.15) is 24.1 Å². The summed E-state index contributed by atoms with van der Waals surface area (Å²) in [6.45, 7) is 1.96. The molecule has 0 radical (unpaired) electrons. The summed E-state index contributed by atoms with van der Waals surface area (Å²) in [6.07, 6.45) is 3.03. The Morgan fingerprint density at radius 2 is 1.89 bits per heavy atom. The first-order chi connectivity index (χ1) is 18.0. The number of carbonyl (C=O) groups excluding carboxylic acids is 3. The highest BCUT2D eigenvalue weighted by atomic mass is 19.1. The van der Waals surface area contributed by atoms with E-state index in [1.54, 1.807) is 45.4 Å². The maximum absolute atomic E-state index is 13.8. The molecule has 3 aromatic rings. The van der Waals surface area contributed by atoms with Crippen molar-refractivity contribution in [2.24, 2.45) is 0 Å². The number of amides is 3. The van der Waals surface area contributed by atoms with Crippen LogP contribution in [0.5, 0.6) is 0 Å². The highest BCUT2D eigenvalue weighted by Gasteiger charge is 2.24. The molecule has 202 valence electrons. The van der Waals surface area contributed by atoms with Crippen LogP contribution >= 0.6 is 0 Å². The number of nitrogens with one attached hydrogen (secondary N) is 2. The van der Waals surface area contributed by atoms with Crippen molar-refractivity contribution < 1.29 is 23.5 Å². The Kier molecular flexibility index (Phi) is 9.06. The fourth-order valence-corrected chi connectivity index (χ4v) is 3.73. The van der Waals surface area contributed by atoms with E-state index < -0.39 is 23.7 Å². The zero-order chi connectivity index (χ0) is 28.0. The number of aromatic nitrogens is 2. The van der Waals surface area contributed by atoms with Gasteiger partial charge in [0.2, 0.25) is 5.91 Å². The van der Waals surface area contributed by atoms with Crippen molar-refractivity contribution in [3.8, 4) is 0 Å². The van der Waals surface area contributed by atoms with Gasteiger partial charge in [0, 0.05) is 51.0 Å². The normalized spacial score (nSPS) is 11.9. The lowest BCUT2D eigenvalue weighted by Crippen LogP contribution is -2.37. The Balaban J connectivity index is 1.76. The number of carbonyl (C=O) groups is 3. The molecule has 11 heteroatoms. The number of likely N-dealkylation sites (N-methyl/N-ethyl adjacent to an activating group) is 1. The molecule has 0 bridgehead atoms. The van der Waals surface area contributed by atoms with Gasteiger partial charge in [0.15, 0.2) is 6.10 Å². The van der Waals surface area contributed by atoms with Crippen molar-refractivity contribution in [1.29, 1.82) is 0 Å². The Morgan fingerprint density at radius 1 is 1.16 bits per heavy atom. The predicted molar refractivity (Wildman–Crippen MR) is 142 cm³/mol. The van der Waals surface area contributed by atoms with E-state index in [1.807, 2.05) is 0 Å². The number of aromatic amines is 1. The van der Waals surface area contributed by atoms with Crippen LogP contribution in [0.2, 0.25) is 0 Å². The number of hydrogen-bond acceptors (Lipinski definition) is 5. The molecule has 0 aliphatic heterocycles. The third kappa shape index (κ3) is 7.09. The lowest BCUT2D eigenvalue weighted by molar-refractivity contribution is -0.125. The summed E-state index contributed by atoms with van der Waals surface area (Å²) < 4.78 is 20.5. The van der Waals surface area contributed by atoms with Gasteiger partial charge in [-0.15, -0.1) is 0 Å². The van der Waals surface area contributed by atoms with Crippen molar-refractivity contribution in [2.45, 2.75) is 32.4 Å². The van der Waals surface area contributed by atoms with Crippen LogP contribution in [0.25, 0.3) is 10.9 Å². The number of hydrogen-bond donors (Lipinski definition) is 2. The second-order valence-electron chi connectivity index (χ2n) is 9.30. The van der Waals surface area contributed by atoms with E-state index in [4.69, 9.17) is 4.74 Å². The Labute approximate surface area is 219 Å². The number of rotatable bonds is 9. The third-order valence-corrected chi connectivity index (χ3v) is 5.76. The van der Waals surface area contributed by atoms with Gasteiger partial charge in [-0.3, -0.25) is 14.4 Å². The van der Waals surface area contributed by atoms with Gasteiger partial charge in [-0.25, -0.2) is 9.18 Å². The molecule has 1 aromatic carbocycles. The number of benzene rings is 1. The van der Waals surface area contributed by atoms with Crippen molar-refractivity contribution in [3.63, 3.8) is 0 Å². The first kappa shape index (κ1) is 28.2. The standard InChI is InChI=1S/C27H32FN5O5/c1-17-13-19(28)14-18-15-20(29-24(17)18)16-33-12-8-9-21(26(33)36)30-25(35)22(38-27(37)32(4)5)10-6-7-11-23(34)31(2)3/h7-9,11-15,22,29H,6,10,16H2,1-5H3,(H,30,35)/b11-7+/t22-/m0/s1. The topological polar surface area (TPSA) is 117 Å². The van der Waals surface area contributed by atoms with Crippen molar-refractivity contribution in [2.75, 3.05) is 33.5 Å². The molecule has 0 fully saturated rings. The summed E-state index contributed by atoms with van der Waals surface area (Å²) in [6, 6.07) is 7.69. The lowest BCUT2D eigenvalue weighted by atomic mass is 10.1. The Morgan fingerprint density at radius 3 is 2.58 bits per heavy atom. The molecular formula is C27H32FN5O5. The molecule has 0 saturated heterocycles. The van der Waals surface area contributed by atoms with Crippen molar-refractivity contribution in [3.05, 3.63) is 76.1 Å². The molecule has 0 unspecified atom stereocenters. The zero-order valence-electron chi connectivity index (χ0n) is 22.1. The van der Waals surface area contributed by atoms with Crippen LogP contribution in [-0.4, -0.2) is 71.6 Å². The van der Waals surface area contributed by atoms with Gasteiger partial charge in [-0.05, 0) is 61.7 Å². The molecule has 0 saturated carbocycles. The SMILES string of the molecule is Cc1cc(F)cc2cc(Cn3cccc(NC(=O)[C@H](CC/C=C/C(=O)N(C)C)OC(=O)N(C)C)c3=O)[nH]c12. The maximum atomic E-state index is 13.8. The van der Waals surface area contributed by atoms with Crippen LogP contribution in [0.4, 0.5) is 14.9 Å². The predicted octanol–water partition coefficient (Wildman–Crippen LogP) is 3.26. The largest absolute Gasteiger partial charge is 0.436 e. The van der Waals surface area contributed by atoms with Crippen molar-refractivity contribution in [1.82, 2.24) is 19.4 Å². The summed E-state index contributed by atoms with van der Waals surface area (Å²) in [5.74, 6) is -1.22. The minimum atomic E-state index is -1.19. The van der Waals surface area contributed by atoms with Gasteiger partial charge in [0.25, 0.3) is 11.5 Å². The molecule has 38 heavy (non-hydrogen) atoms. The number of H-pyrrole nitrogens is 1. The summed E-state index contributed by atoms with van der Waals surface area (Å²) in [7, 11) is 6.21. The molecule has 2 N–H and O–H groups in total. The summed E-state index contributed by atoms with van der Waals surface area (Å²) in [4.78, 5) is 55.8. The number of allylic oxidation sites excluding steroid dienone is 1. The molecule has 3 amide bonds. The molecule has 2 heterocycles. The fraction of sp³-hybridized carbons (Fsp3) is 0.333. The van der Waals surface area contributed by atoms with E-state index in [-0.39, 0.29) is 36.8 Å². The second kappa shape index (κ2) is 12.2. The van der Waals surface area contributed by atoms with Crippen LogP contribution < -0.4 is 10.9 Å². The van der Waals surface area contributed by atoms with Crippen LogP contribution in [0.15, 0.2) is 53.5 Å². The van der Waals surface area contributed by atoms with E-state index in [1.165, 1.54) is 52.7 Å². The number of aryl methyl sites for hydroxylation is 1. The number of halogens is 1. The summed E-state index contributed by atoms with van der Waals surface area (Å²) in [5, 5.41) is 3.26. The Bertz CT molecular complexity index is 1420. The molecule has 0 aliphatic carbocycles. The molecule has 10 nitrogen and oxygen atoms in total. The first-order valence-corrected chi connectivity index (χ1v) is 12.0. The average Bonchev–Trinajstić information content (AvgIpc) is 3.25. The van der Waals surface area contributed by atoms with E-state index in [0.29, 0.717) is 11.1 Å². The minimum Gasteiger partial charge on any atom is -0.436 e. The maximum Gasteiger partial charge on any atom is 0.410 e. The van der Waals surface area contributed by atoms with Gasteiger partial charge in [0.1, 0.15) is 11.5 Å². The highest BCUT2D eigenvalue weighted by molar-refractivity contribution is 5.95. The van der Waals surface area contributed by atoms with Gasteiger partial charge in [-0.1, -0.05) is 6.08 Å². The minimum absolute atomic E-state index is 0.0139. The number of anilines is 1. The zero-order valence-corrected chi connectivity index (χ0v) is 22.1. The van der Waals surface area contributed by atoms with Gasteiger partial charge in [-0.2, -0.15) is 0 Å². The number of pyridine rings is 1. The first-order valence-electron chi connectivity index (χ1n) is 12.0. The monoisotopic (exact) mass is 525 g/mol. The van der Waals surface area contributed by atoms with E-state index in [0.717, 1.165) is 11.1 Å². The quantitative estimate of drug-likeness (QED) is 0.416. The fourth-order valence-electron chi connectivity index (χ4n) is 3.73. The van der Waals surface area contributed by atoms with Crippen molar-refractivity contribution >= 4 is 34.5 Å². The molecule has 2 aromatic heterocycles. The van der Waals surface area contributed by atoms with E-state index in [9.17, 15) is 23.6 Å². The van der Waals surface area contributed by atoms with Gasteiger partial charge < -0.3 is 29.4 Å². The summed E-state index contributed by atoms with van der Waals surface area (Å²) >= 11 is 0. The molecule has 1 atom stereocenters. The smallest absolute Gasteiger partial charge is 0.410 e. The van der Waals surface area contributed by atoms with Gasteiger partial charge >= 0.3 is 6.09 Å². The Hall–Kier alpha value is -4.41. The van der Waals surface area contributed by atoms with E-state index in [2.05, 4.69) is 10.3 Å². The van der Waals surface area contributed by atoms with Crippen LogP contribution in [0, 0.1) is 12.7 Å².